The van der Waals surface area contributed by atoms with Crippen molar-refractivity contribution in [3.63, 3.8) is 0 Å². The second-order valence-electron chi connectivity index (χ2n) is 6.00. The van der Waals surface area contributed by atoms with Crippen LogP contribution in [0.4, 0.5) is 0 Å². The lowest BCUT2D eigenvalue weighted by atomic mass is 9.91. The van der Waals surface area contributed by atoms with Gasteiger partial charge in [-0.15, -0.1) is 0 Å². The fraction of sp³-hybridized carbons (Fsp3) is 0.250. The number of rotatable bonds is 2. The van der Waals surface area contributed by atoms with Crippen LogP contribution in [0.3, 0.4) is 0 Å². The molecule has 1 aliphatic rings. The number of guanidine groups is 1. The van der Waals surface area contributed by atoms with E-state index < -0.39 is 15.6 Å². The summed E-state index contributed by atoms with van der Waals surface area (Å²) in [5.74, 6) is -0.269. The maximum Gasteiger partial charge on any atom is 0.239 e. The van der Waals surface area contributed by atoms with Crippen LogP contribution in [-0.4, -0.2) is 36.5 Å². The third kappa shape index (κ3) is 2.97. The lowest BCUT2D eigenvalue weighted by Crippen LogP contribution is -2.60. The monoisotopic (exact) mass is 364 g/mol. The number of hydrogen-bond acceptors (Lipinski definition) is 4. The maximum absolute atomic E-state index is 12.3. The van der Waals surface area contributed by atoms with Gasteiger partial charge >= 0.3 is 0 Å². The molecule has 2 N–H and O–H groups in total. The van der Waals surface area contributed by atoms with Gasteiger partial charge < -0.3 is 5.32 Å². The molecule has 2 aromatic rings. The summed E-state index contributed by atoms with van der Waals surface area (Å²) in [6, 6.07) is 9.32. The van der Waals surface area contributed by atoms with Gasteiger partial charge in [0.2, 0.25) is 16.0 Å². The first-order chi connectivity index (χ1) is 11.2. The van der Waals surface area contributed by atoms with E-state index in [1.54, 1.807) is 25.4 Å². The Morgan fingerprint density at radius 3 is 2.71 bits per heavy atom. The molecule has 3 rings (SSSR count). The Hall–Kier alpha value is -2.12. The van der Waals surface area contributed by atoms with Gasteiger partial charge in [-0.25, -0.2) is 12.7 Å². The first-order valence-electron chi connectivity index (χ1n) is 7.26. The third-order valence-electron chi connectivity index (χ3n) is 4.14. The lowest BCUT2D eigenvalue weighted by molar-refractivity contribution is 0.418. The van der Waals surface area contributed by atoms with Crippen LogP contribution in [0.5, 0.6) is 0 Å². The van der Waals surface area contributed by atoms with E-state index >= 15 is 0 Å². The Labute approximate surface area is 146 Å². The molecule has 1 saturated heterocycles. The molecule has 1 atom stereocenters. The van der Waals surface area contributed by atoms with E-state index in [-0.39, 0.29) is 11.7 Å². The predicted molar refractivity (Wildman–Crippen MR) is 94.4 cm³/mol. The molecule has 0 amide bonds. The predicted octanol–water partition coefficient (Wildman–Crippen LogP) is 2.42. The van der Waals surface area contributed by atoms with E-state index in [0.717, 1.165) is 21.0 Å². The first kappa shape index (κ1) is 16.7. The summed E-state index contributed by atoms with van der Waals surface area (Å²) >= 11 is 6.00. The van der Waals surface area contributed by atoms with E-state index in [2.05, 4.69) is 10.3 Å². The highest BCUT2D eigenvalue weighted by Gasteiger charge is 2.41. The number of hydrogen-bond donors (Lipinski definition) is 2. The van der Waals surface area contributed by atoms with Gasteiger partial charge in [0.05, 0.1) is 16.3 Å². The van der Waals surface area contributed by atoms with Crippen LogP contribution >= 0.6 is 11.6 Å². The SMILES string of the molecule is CN1C(=N)N[C@](C)(c2cccc(-c3cncc(Cl)c3)c2)CS1(=O)=O. The van der Waals surface area contributed by atoms with Gasteiger partial charge in [-0.05, 0) is 30.2 Å². The number of aromatic nitrogens is 1. The number of halogens is 1. The number of pyridine rings is 1. The molecule has 0 unspecified atom stereocenters. The highest BCUT2D eigenvalue weighted by atomic mass is 35.5. The van der Waals surface area contributed by atoms with Gasteiger partial charge in [0.1, 0.15) is 0 Å². The molecule has 126 valence electrons. The molecule has 2 heterocycles. The Morgan fingerprint density at radius 2 is 2.04 bits per heavy atom. The molecule has 1 aromatic heterocycles. The van der Waals surface area contributed by atoms with Crippen molar-refractivity contribution in [2.75, 3.05) is 12.8 Å². The fourth-order valence-electron chi connectivity index (χ4n) is 2.74. The third-order valence-corrected chi connectivity index (χ3v) is 6.30. The minimum Gasteiger partial charge on any atom is -0.345 e. The quantitative estimate of drug-likeness (QED) is 0.856. The van der Waals surface area contributed by atoms with Crippen LogP contribution in [0.1, 0.15) is 12.5 Å². The van der Waals surface area contributed by atoms with Crippen molar-refractivity contribution in [3.8, 4) is 11.1 Å². The van der Waals surface area contributed by atoms with Crippen molar-refractivity contribution in [1.82, 2.24) is 14.6 Å². The van der Waals surface area contributed by atoms with Gasteiger partial charge in [0.15, 0.2) is 0 Å². The minimum atomic E-state index is -3.54. The molecule has 0 bridgehead atoms. The first-order valence-corrected chi connectivity index (χ1v) is 9.25. The second-order valence-corrected chi connectivity index (χ2v) is 8.44. The molecule has 0 radical (unpaired) electrons. The topological polar surface area (TPSA) is 86.2 Å². The zero-order valence-electron chi connectivity index (χ0n) is 13.2. The molecule has 1 fully saturated rings. The van der Waals surface area contributed by atoms with Crippen molar-refractivity contribution >= 4 is 27.6 Å². The fourth-order valence-corrected chi connectivity index (χ4v) is 4.40. The van der Waals surface area contributed by atoms with Gasteiger partial charge in [0, 0.05) is 25.0 Å². The summed E-state index contributed by atoms with van der Waals surface area (Å²) in [6.07, 6.45) is 3.26. The van der Waals surface area contributed by atoms with E-state index in [4.69, 9.17) is 17.0 Å². The Balaban J connectivity index is 2.04. The summed E-state index contributed by atoms with van der Waals surface area (Å²) in [5.41, 5.74) is 1.62. The molecule has 0 saturated carbocycles. The molecule has 8 heteroatoms. The minimum absolute atomic E-state index is 0.129. The van der Waals surface area contributed by atoms with Crippen LogP contribution in [0, 0.1) is 5.41 Å². The normalized spacial score (nSPS) is 23.0. The average molecular weight is 365 g/mol. The zero-order valence-corrected chi connectivity index (χ0v) is 14.8. The molecule has 0 aliphatic carbocycles. The maximum atomic E-state index is 12.3. The summed E-state index contributed by atoms with van der Waals surface area (Å²) in [6.45, 7) is 1.78. The zero-order chi connectivity index (χ0) is 17.5. The van der Waals surface area contributed by atoms with Crippen molar-refractivity contribution in [1.29, 1.82) is 5.41 Å². The highest BCUT2D eigenvalue weighted by Crippen LogP contribution is 2.31. The number of nitrogens with zero attached hydrogens (tertiary/aromatic N) is 2. The Morgan fingerprint density at radius 1 is 1.29 bits per heavy atom. The van der Waals surface area contributed by atoms with E-state index in [9.17, 15) is 8.42 Å². The average Bonchev–Trinajstić information content (AvgIpc) is 2.52. The summed E-state index contributed by atoms with van der Waals surface area (Å²) in [7, 11) is -2.16. The molecule has 1 aromatic carbocycles. The smallest absolute Gasteiger partial charge is 0.239 e. The van der Waals surface area contributed by atoms with Crippen LogP contribution in [0.25, 0.3) is 11.1 Å². The van der Waals surface area contributed by atoms with Crippen molar-refractivity contribution in [2.45, 2.75) is 12.5 Å². The Kier molecular flexibility index (Phi) is 4.01. The van der Waals surface area contributed by atoms with E-state index in [1.807, 2.05) is 24.3 Å². The standard InChI is InChI=1S/C16H17ClN4O2S/c1-16(10-24(22,23)21(2)15(18)20-16)13-5-3-4-11(6-13)12-7-14(17)9-19-8-12/h3-9H,10H2,1-2H3,(H2,18,20)/t16-/m0/s1. The largest absolute Gasteiger partial charge is 0.345 e. The van der Waals surface area contributed by atoms with Crippen molar-refractivity contribution in [3.05, 3.63) is 53.3 Å². The van der Waals surface area contributed by atoms with Crippen LogP contribution in [-0.2, 0) is 15.6 Å². The number of benzene rings is 1. The van der Waals surface area contributed by atoms with Gasteiger partial charge in [0.25, 0.3) is 0 Å². The molecule has 6 nitrogen and oxygen atoms in total. The van der Waals surface area contributed by atoms with Crippen molar-refractivity contribution in [2.24, 2.45) is 0 Å². The van der Waals surface area contributed by atoms with Crippen molar-refractivity contribution < 1.29 is 8.42 Å². The number of nitrogens with one attached hydrogen (secondary N) is 2. The van der Waals surface area contributed by atoms with E-state index in [1.165, 1.54) is 7.05 Å². The van der Waals surface area contributed by atoms with Crippen LogP contribution < -0.4 is 5.32 Å². The lowest BCUT2D eigenvalue weighted by Gasteiger charge is -2.40. The number of sulfonamides is 1. The van der Waals surface area contributed by atoms with Gasteiger partial charge in [-0.1, -0.05) is 29.8 Å². The van der Waals surface area contributed by atoms with Gasteiger partial charge in [-0.3, -0.25) is 10.4 Å². The molecular weight excluding hydrogens is 348 g/mol. The summed E-state index contributed by atoms with van der Waals surface area (Å²) in [5, 5.41) is 11.4. The summed E-state index contributed by atoms with van der Waals surface area (Å²) in [4.78, 5) is 4.08. The second kappa shape index (κ2) is 5.75. The molecule has 0 spiro atoms. The molecule has 1 aliphatic heterocycles. The Bertz CT molecular complexity index is 916. The summed E-state index contributed by atoms with van der Waals surface area (Å²) < 4.78 is 25.6. The van der Waals surface area contributed by atoms with Gasteiger partial charge in [-0.2, -0.15) is 0 Å². The van der Waals surface area contributed by atoms with Crippen LogP contribution in [0.15, 0.2) is 42.7 Å². The molecular formula is C16H17ClN4O2S. The van der Waals surface area contributed by atoms with Crippen LogP contribution in [0.2, 0.25) is 5.02 Å². The highest BCUT2D eigenvalue weighted by molar-refractivity contribution is 7.89. The molecule has 24 heavy (non-hydrogen) atoms. The van der Waals surface area contributed by atoms with E-state index in [0.29, 0.717) is 5.02 Å².